The number of likely N-dealkylation sites (tertiary alicyclic amines) is 1. The predicted octanol–water partition coefficient (Wildman–Crippen LogP) is 3.07. The van der Waals surface area contributed by atoms with Crippen LogP contribution in [0.15, 0.2) is 48.5 Å². The lowest BCUT2D eigenvalue weighted by Gasteiger charge is -2.32. The lowest BCUT2D eigenvalue weighted by atomic mass is 10.0. The van der Waals surface area contributed by atoms with Gasteiger partial charge < -0.3 is 10.2 Å². The van der Waals surface area contributed by atoms with E-state index in [9.17, 15) is 4.79 Å². The van der Waals surface area contributed by atoms with Crippen molar-refractivity contribution >= 4 is 11.6 Å². The molecule has 1 amide bonds. The van der Waals surface area contributed by atoms with Crippen molar-refractivity contribution in [1.82, 2.24) is 10.2 Å². The van der Waals surface area contributed by atoms with Gasteiger partial charge in [-0.3, -0.25) is 9.69 Å². The molecule has 2 aliphatic rings. The van der Waals surface area contributed by atoms with E-state index in [1.165, 1.54) is 16.8 Å². The summed E-state index contributed by atoms with van der Waals surface area (Å²) in [5, 5.41) is 3.24. The van der Waals surface area contributed by atoms with Gasteiger partial charge >= 0.3 is 0 Å². The van der Waals surface area contributed by atoms with E-state index in [-0.39, 0.29) is 11.9 Å². The molecule has 2 aliphatic heterocycles. The van der Waals surface area contributed by atoms with Crippen molar-refractivity contribution in [3.05, 3.63) is 65.2 Å². The number of amides is 1. The molecule has 0 bridgehead atoms. The fourth-order valence-electron chi connectivity index (χ4n) is 4.03. The van der Waals surface area contributed by atoms with Gasteiger partial charge in [0.05, 0.1) is 0 Å². The smallest absolute Gasteiger partial charge is 0.251 e. The quantitative estimate of drug-likeness (QED) is 0.921. The van der Waals surface area contributed by atoms with Gasteiger partial charge in [-0.2, -0.15) is 0 Å². The fourth-order valence-corrected chi connectivity index (χ4v) is 4.03. The van der Waals surface area contributed by atoms with Crippen LogP contribution in [0.4, 0.5) is 5.69 Å². The number of benzene rings is 2. The third-order valence-electron chi connectivity index (χ3n) is 5.65. The standard InChI is InChI=1S/C22H27N3O/c1-24-12-9-18-7-8-19(15-21(18)24)22(26)23-20-10-13-25(14-11-20)16-17-5-3-2-4-6-17/h2-8,15,20H,9-14,16H2,1H3,(H,23,26). The zero-order valence-electron chi connectivity index (χ0n) is 15.4. The first-order valence-corrected chi connectivity index (χ1v) is 9.60. The van der Waals surface area contributed by atoms with Crippen molar-refractivity contribution in [3.8, 4) is 0 Å². The van der Waals surface area contributed by atoms with Crippen LogP contribution in [0.5, 0.6) is 0 Å². The van der Waals surface area contributed by atoms with Gasteiger partial charge in [-0.15, -0.1) is 0 Å². The summed E-state index contributed by atoms with van der Waals surface area (Å²) in [5.74, 6) is 0.0645. The molecule has 0 radical (unpaired) electrons. The molecular formula is C22H27N3O. The highest BCUT2D eigenvalue weighted by Gasteiger charge is 2.22. The van der Waals surface area contributed by atoms with Crippen molar-refractivity contribution in [3.63, 3.8) is 0 Å². The van der Waals surface area contributed by atoms with E-state index >= 15 is 0 Å². The highest BCUT2D eigenvalue weighted by atomic mass is 16.1. The molecule has 0 spiro atoms. The maximum atomic E-state index is 12.6. The predicted molar refractivity (Wildman–Crippen MR) is 106 cm³/mol. The summed E-state index contributed by atoms with van der Waals surface area (Å²) >= 11 is 0. The number of fused-ring (bicyclic) bond motifs is 1. The second kappa shape index (κ2) is 7.50. The van der Waals surface area contributed by atoms with E-state index in [0.717, 1.165) is 51.0 Å². The molecular weight excluding hydrogens is 322 g/mol. The Morgan fingerprint density at radius 3 is 2.62 bits per heavy atom. The zero-order valence-corrected chi connectivity index (χ0v) is 15.4. The highest BCUT2D eigenvalue weighted by molar-refractivity contribution is 5.95. The molecule has 2 aromatic carbocycles. The van der Waals surface area contributed by atoms with Crippen molar-refractivity contribution in [1.29, 1.82) is 0 Å². The molecule has 1 fully saturated rings. The Labute approximate surface area is 155 Å². The summed E-state index contributed by atoms with van der Waals surface area (Å²) in [7, 11) is 2.09. The van der Waals surface area contributed by atoms with E-state index in [0.29, 0.717) is 0 Å². The molecule has 2 aromatic rings. The van der Waals surface area contributed by atoms with Crippen LogP contribution >= 0.6 is 0 Å². The number of carbonyl (C=O) groups excluding carboxylic acids is 1. The maximum Gasteiger partial charge on any atom is 0.251 e. The molecule has 26 heavy (non-hydrogen) atoms. The van der Waals surface area contributed by atoms with Crippen LogP contribution in [0.3, 0.4) is 0 Å². The largest absolute Gasteiger partial charge is 0.374 e. The number of anilines is 1. The summed E-state index contributed by atoms with van der Waals surface area (Å²) in [6.45, 7) is 4.11. The second-order valence-electron chi connectivity index (χ2n) is 7.52. The van der Waals surface area contributed by atoms with Crippen LogP contribution in [0.1, 0.15) is 34.3 Å². The van der Waals surface area contributed by atoms with Crippen LogP contribution < -0.4 is 10.2 Å². The van der Waals surface area contributed by atoms with Gasteiger partial charge in [-0.25, -0.2) is 0 Å². The van der Waals surface area contributed by atoms with Gasteiger partial charge in [0.15, 0.2) is 0 Å². The Kier molecular flexibility index (Phi) is 4.93. The normalized spacial score (nSPS) is 18.0. The molecule has 0 unspecified atom stereocenters. The van der Waals surface area contributed by atoms with Crippen LogP contribution in [0.25, 0.3) is 0 Å². The van der Waals surface area contributed by atoms with Gasteiger partial charge in [-0.05, 0) is 42.5 Å². The Hall–Kier alpha value is -2.33. The number of nitrogens with one attached hydrogen (secondary N) is 1. The first-order chi connectivity index (χ1) is 12.7. The van der Waals surface area contributed by atoms with Crippen LogP contribution in [-0.2, 0) is 13.0 Å². The Morgan fingerprint density at radius 1 is 1.08 bits per heavy atom. The lowest BCUT2D eigenvalue weighted by Crippen LogP contribution is -2.44. The van der Waals surface area contributed by atoms with Crippen molar-refractivity contribution in [2.45, 2.75) is 31.8 Å². The van der Waals surface area contributed by atoms with Crippen molar-refractivity contribution in [2.75, 3.05) is 31.6 Å². The minimum absolute atomic E-state index is 0.0645. The average Bonchev–Trinajstić information content (AvgIpc) is 3.04. The first-order valence-electron chi connectivity index (χ1n) is 9.60. The fraction of sp³-hybridized carbons (Fsp3) is 0.409. The number of hydrogen-bond acceptors (Lipinski definition) is 3. The maximum absolute atomic E-state index is 12.6. The molecule has 4 heteroatoms. The summed E-state index contributed by atoms with van der Waals surface area (Å²) in [4.78, 5) is 17.4. The van der Waals surface area contributed by atoms with Gasteiger partial charge in [0.1, 0.15) is 0 Å². The minimum atomic E-state index is 0.0645. The van der Waals surface area contributed by atoms with Gasteiger partial charge in [0, 0.05) is 50.5 Å². The van der Waals surface area contributed by atoms with E-state index in [2.05, 4.69) is 58.6 Å². The SMILES string of the molecule is CN1CCc2ccc(C(=O)NC3CCN(Cc4ccccc4)CC3)cc21. The van der Waals surface area contributed by atoms with E-state index in [1.807, 2.05) is 12.1 Å². The summed E-state index contributed by atoms with van der Waals surface area (Å²) in [5.41, 5.74) is 4.69. The number of piperidine rings is 1. The number of hydrogen-bond donors (Lipinski definition) is 1. The van der Waals surface area contributed by atoms with Gasteiger partial charge in [-0.1, -0.05) is 36.4 Å². The molecule has 0 aromatic heterocycles. The molecule has 0 aliphatic carbocycles. The molecule has 1 saturated heterocycles. The lowest BCUT2D eigenvalue weighted by molar-refractivity contribution is 0.0909. The number of rotatable bonds is 4. The third-order valence-corrected chi connectivity index (χ3v) is 5.65. The number of nitrogens with zero attached hydrogens (tertiary/aromatic N) is 2. The molecule has 4 nitrogen and oxygen atoms in total. The number of likely N-dealkylation sites (N-methyl/N-ethyl adjacent to an activating group) is 1. The summed E-state index contributed by atoms with van der Waals surface area (Å²) in [6, 6.07) is 17.0. The average molecular weight is 349 g/mol. The van der Waals surface area contributed by atoms with Crippen molar-refractivity contribution in [2.24, 2.45) is 0 Å². The minimum Gasteiger partial charge on any atom is -0.374 e. The zero-order chi connectivity index (χ0) is 17.9. The Morgan fingerprint density at radius 2 is 1.85 bits per heavy atom. The molecule has 136 valence electrons. The Bertz CT molecular complexity index is 766. The van der Waals surface area contributed by atoms with E-state index in [4.69, 9.17) is 0 Å². The summed E-state index contributed by atoms with van der Waals surface area (Å²) < 4.78 is 0. The molecule has 2 heterocycles. The molecule has 0 saturated carbocycles. The van der Waals surface area contributed by atoms with Gasteiger partial charge in [0.2, 0.25) is 0 Å². The van der Waals surface area contributed by atoms with Crippen LogP contribution in [0.2, 0.25) is 0 Å². The molecule has 1 N–H and O–H groups in total. The van der Waals surface area contributed by atoms with E-state index in [1.54, 1.807) is 0 Å². The van der Waals surface area contributed by atoms with Crippen LogP contribution in [-0.4, -0.2) is 43.5 Å². The second-order valence-corrected chi connectivity index (χ2v) is 7.52. The van der Waals surface area contributed by atoms with Crippen molar-refractivity contribution < 1.29 is 4.79 Å². The molecule has 0 atom stereocenters. The number of carbonyl (C=O) groups is 1. The highest BCUT2D eigenvalue weighted by Crippen LogP contribution is 2.27. The van der Waals surface area contributed by atoms with E-state index < -0.39 is 0 Å². The topological polar surface area (TPSA) is 35.6 Å². The Balaban J connectivity index is 1.30. The monoisotopic (exact) mass is 349 g/mol. The van der Waals surface area contributed by atoms with Gasteiger partial charge in [0.25, 0.3) is 5.91 Å². The first kappa shape index (κ1) is 17.1. The summed E-state index contributed by atoms with van der Waals surface area (Å²) in [6.07, 6.45) is 3.11. The molecule has 4 rings (SSSR count). The third kappa shape index (κ3) is 3.75. The van der Waals surface area contributed by atoms with Crippen LogP contribution in [0, 0.1) is 0 Å².